The van der Waals surface area contributed by atoms with E-state index in [1.54, 1.807) is 17.5 Å². The Morgan fingerprint density at radius 2 is 1.69 bits per heavy atom. The fourth-order valence-electron chi connectivity index (χ4n) is 2.78. The molecule has 0 atom stereocenters. The molecule has 29 heavy (non-hydrogen) atoms. The Morgan fingerprint density at radius 1 is 1.00 bits per heavy atom. The number of aromatic nitrogens is 1. The van der Waals surface area contributed by atoms with Gasteiger partial charge in [0.1, 0.15) is 0 Å². The van der Waals surface area contributed by atoms with E-state index in [9.17, 15) is 9.59 Å². The van der Waals surface area contributed by atoms with E-state index in [1.165, 1.54) is 5.56 Å². The summed E-state index contributed by atoms with van der Waals surface area (Å²) in [6, 6.07) is 13.1. The van der Waals surface area contributed by atoms with Gasteiger partial charge in [-0.3, -0.25) is 4.79 Å². The minimum absolute atomic E-state index is 0.152. The normalized spacial score (nSPS) is 10.6. The summed E-state index contributed by atoms with van der Waals surface area (Å²) in [7, 11) is 0. The predicted octanol–water partition coefficient (Wildman–Crippen LogP) is 5.48. The zero-order valence-electron chi connectivity index (χ0n) is 16.4. The number of nitrogens with zero attached hydrogens (tertiary/aromatic N) is 1. The lowest BCUT2D eigenvalue weighted by atomic mass is 10.1. The van der Waals surface area contributed by atoms with Gasteiger partial charge >= 0.3 is 12.0 Å². The van der Waals surface area contributed by atoms with Gasteiger partial charge < -0.3 is 15.7 Å². The van der Waals surface area contributed by atoms with Gasteiger partial charge in [-0.25, -0.2) is 9.78 Å². The van der Waals surface area contributed by atoms with Gasteiger partial charge in [0.15, 0.2) is 0 Å². The average Bonchev–Trinajstić information content (AvgIpc) is 3.14. The summed E-state index contributed by atoms with van der Waals surface area (Å²) in [5.41, 5.74) is 4.76. The zero-order valence-corrected chi connectivity index (χ0v) is 17.2. The summed E-state index contributed by atoms with van der Waals surface area (Å²) in [4.78, 5) is 28.2. The lowest BCUT2D eigenvalue weighted by Gasteiger charge is -2.09. The zero-order chi connectivity index (χ0) is 20.8. The van der Waals surface area contributed by atoms with Gasteiger partial charge in [-0.15, -0.1) is 11.3 Å². The van der Waals surface area contributed by atoms with Gasteiger partial charge in [0, 0.05) is 24.0 Å². The fraction of sp³-hybridized carbons (Fsp3) is 0.227. The van der Waals surface area contributed by atoms with Gasteiger partial charge in [0.2, 0.25) is 0 Å². The Balaban J connectivity index is 1.57. The van der Waals surface area contributed by atoms with Crippen molar-refractivity contribution >= 4 is 34.7 Å². The van der Waals surface area contributed by atoms with E-state index in [1.807, 2.05) is 56.3 Å². The molecule has 1 aromatic heterocycles. The number of carbonyl (C=O) groups is 2. The van der Waals surface area contributed by atoms with Crippen LogP contribution in [0, 0.1) is 13.8 Å². The minimum atomic E-state index is -0.786. The highest BCUT2D eigenvalue weighted by atomic mass is 32.1. The second-order valence-corrected chi connectivity index (χ2v) is 7.94. The van der Waals surface area contributed by atoms with E-state index >= 15 is 0 Å². The summed E-state index contributed by atoms with van der Waals surface area (Å²) in [5, 5.41) is 15.3. The molecule has 0 saturated heterocycles. The summed E-state index contributed by atoms with van der Waals surface area (Å²) >= 11 is 1.56. The van der Waals surface area contributed by atoms with E-state index in [0.29, 0.717) is 18.5 Å². The van der Waals surface area contributed by atoms with Crippen molar-refractivity contribution in [2.24, 2.45) is 0 Å². The van der Waals surface area contributed by atoms with Gasteiger partial charge in [-0.1, -0.05) is 18.2 Å². The molecule has 0 unspecified atom stereocenters. The van der Waals surface area contributed by atoms with Crippen LogP contribution < -0.4 is 10.6 Å². The molecule has 0 aliphatic carbocycles. The predicted molar refractivity (Wildman–Crippen MR) is 117 cm³/mol. The number of carboxylic acids is 1. The van der Waals surface area contributed by atoms with Gasteiger partial charge in [0.05, 0.1) is 9.88 Å². The van der Waals surface area contributed by atoms with Crippen molar-refractivity contribution in [1.29, 1.82) is 0 Å². The van der Waals surface area contributed by atoms with Crippen molar-refractivity contribution in [2.45, 2.75) is 33.1 Å². The molecule has 0 aliphatic rings. The van der Waals surface area contributed by atoms with Crippen molar-refractivity contribution in [2.75, 3.05) is 10.6 Å². The van der Waals surface area contributed by atoms with Crippen molar-refractivity contribution in [3.63, 3.8) is 0 Å². The van der Waals surface area contributed by atoms with Crippen LogP contribution in [0.2, 0.25) is 0 Å². The lowest BCUT2D eigenvalue weighted by molar-refractivity contribution is -0.137. The number of carbonyl (C=O) groups excluding carboxylic acids is 1. The summed E-state index contributed by atoms with van der Waals surface area (Å²) in [5.74, 6) is -0.786. The average molecular weight is 410 g/mol. The number of urea groups is 1. The number of amides is 2. The maximum atomic E-state index is 12.2. The Kier molecular flexibility index (Phi) is 6.61. The number of nitrogens with one attached hydrogen (secondary N) is 2. The number of hydrogen-bond donors (Lipinski definition) is 3. The molecule has 0 spiro atoms. The third-order valence-corrected chi connectivity index (χ3v) is 5.63. The molecule has 2 amide bonds. The van der Waals surface area contributed by atoms with Crippen LogP contribution in [-0.2, 0) is 11.2 Å². The van der Waals surface area contributed by atoms with Crippen molar-refractivity contribution in [3.05, 3.63) is 64.8 Å². The molecular formula is C22H23N3O3S. The van der Waals surface area contributed by atoms with Crippen LogP contribution in [0.3, 0.4) is 0 Å². The monoisotopic (exact) mass is 409 g/mol. The third-order valence-electron chi connectivity index (χ3n) is 4.53. The highest BCUT2D eigenvalue weighted by molar-refractivity contribution is 7.15. The van der Waals surface area contributed by atoms with E-state index in [4.69, 9.17) is 5.11 Å². The number of aryl methyl sites for hydroxylation is 3. The number of aliphatic carboxylic acids is 1. The minimum Gasteiger partial charge on any atom is -0.481 e. The molecular weight excluding hydrogens is 386 g/mol. The SMILES string of the molecule is Cc1ccc(NC(=O)Nc2ccc(-c3cnc(CCCC(=O)O)s3)cc2)cc1C. The second kappa shape index (κ2) is 9.34. The molecule has 6 nitrogen and oxygen atoms in total. The molecule has 3 aromatic rings. The molecule has 0 fully saturated rings. The molecule has 0 saturated carbocycles. The molecule has 7 heteroatoms. The number of anilines is 2. The third kappa shape index (κ3) is 5.89. The Bertz CT molecular complexity index is 1010. The van der Waals surface area contributed by atoms with Crippen LogP contribution in [-0.4, -0.2) is 22.1 Å². The van der Waals surface area contributed by atoms with Crippen LogP contribution in [0.5, 0.6) is 0 Å². The van der Waals surface area contributed by atoms with Crippen LogP contribution >= 0.6 is 11.3 Å². The highest BCUT2D eigenvalue weighted by Gasteiger charge is 2.08. The molecule has 0 bridgehead atoms. The van der Waals surface area contributed by atoms with Crippen LogP contribution in [0.4, 0.5) is 16.2 Å². The standard InChI is InChI=1S/C22H23N3O3S/c1-14-6-9-18(12-15(14)2)25-22(28)24-17-10-7-16(8-11-17)19-13-23-20(29-19)4-3-5-21(26)27/h6-13H,3-5H2,1-2H3,(H,26,27)(H2,24,25,28). The van der Waals surface area contributed by atoms with Crippen LogP contribution in [0.25, 0.3) is 10.4 Å². The first-order chi connectivity index (χ1) is 13.9. The maximum Gasteiger partial charge on any atom is 0.323 e. The molecule has 3 N–H and O–H groups in total. The fourth-order valence-corrected chi connectivity index (χ4v) is 3.75. The molecule has 1 heterocycles. The first kappa shape index (κ1) is 20.5. The molecule has 0 radical (unpaired) electrons. The first-order valence-electron chi connectivity index (χ1n) is 9.33. The highest BCUT2D eigenvalue weighted by Crippen LogP contribution is 2.28. The number of carboxylic acid groups (broad SMARTS) is 1. The van der Waals surface area contributed by atoms with E-state index < -0.39 is 5.97 Å². The Hall–Kier alpha value is -3.19. The smallest absolute Gasteiger partial charge is 0.323 e. The number of hydrogen-bond acceptors (Lipinski definition) is 4. The summed E-state index contributed by atoms with van der Waals surface area (Å²) < 4.78 is 0. The molecule has 2 aromatic carbocycles. The van der Waals surface area contributed by atoms with Crippen molar-refractivity contribution < 1.29 is 14.7 Å². The van der Waals surface area contributed by atoms with Gasteiger partial charge in [-0.2, -0.15) is 0 Å². The van der Waals surface area contributed by atoms with Crippen LogP contribution in [0.15, 0.2) is 48.7 Å². The second-order valence-electron chi connectivity index (χ2n) is 6.82. The van der Waals surface area contributed by atoms with E-state index in [2.05, 4.69) is 15.6 Å². The Labute approximate surface area is 173 Å². The maximum absolute atomic E-state index is 12.2. The summed E-state index contributed by atoms with van der Waals surface area (Å²) in [6.07, 6.45) is 3.20. The molecule has 0 aliphatic heterocycles. The lowest BCUT2D eigenvalue weighted by Crippen LogP contribution is -2.19. The first-order valence-corrected chi connectivity index (χ1v) is 10.1. The topological polar surface area (TPSA) is 91.3 Å². The van der Waals surface area contributed by atoms with Crippen LogP contribution in [0.1, 0.15) is 29.0 Å². The molecule has 150 valence electrons. The van der Waals surface area contributed by atoms with Crippen molar-refractivity contribution in [1.82, 2.24) is 4.98 Å². The van der Waals surface area contributed by atoms with Crippen molar-refractivity contribution in [3.8, 4) is 10.4 Å². The quantitative estimate of drug-likeness (QED) is 0.482. The van der Waals surface area contributed by atoms with Gasteiger partial charge in [0.25, 0.3) is 0 Å². The summed E-state index contributed by atoms with van der Waals surface area (Å²) in [6.45, 7) is 4.04. The van der Waals surface area contributed by atoms with E-state index in [-0.39, 0.29) is 12.5 Å². The number of benzene rings is 2. The largest absolute Gasteiger partial charge is 0.481 e. The Morgan fingerprint density at radius 3 is 2.38 bits per heavy atom. The number of thiazole rings is 1. The van der Waals surface area contributed by atoms with E-state index in [0.717, 1.165) is 26.7 Å². The molecule has 3 rings (SSSR count). The van der Waals surface area contributed by atoms with Gasteiger partial charge in [-0.05, 0) is 67.6 Å². The number of rotatable bonds is 7.